The SMILES string of the molecule is CC(C)CC1CN(CCc2ccsc2)CCN1. The highest BCUT2D eigenvalue weighted by Gasteiger charge is 2.19. The van der Waals surface area contributed by atoms with E-state index in [-0.39, 0.29) is 0 Å². The number of piperazine rings is 1. The Morgan fingerprint density at radius 2 is 2.41 bits per heavy atom. The molecule has 96 valence electrons. The molecule has 1 N–H and O–H groups in total. The molecule has 2 nitrogen and oxygen atoms in total. The van der Waals surface area contributed by atoms with Gasteiger partial charge in [-0.2, -0.15) is 11.3 Å². The van der Waals surface area contributed by atoms with Gasteiger partial charge in [-0.3, -0.25) is 0 Å². The van der Waals surface area contributed by atoms with Crippen LogP contribution in [0.3, 0.4) is 0 Å². The molecule has 3 heteroatoms. The number of nitrogens with zero attached hydrogens (tertiary/aromatic N) is 1. The summed E-state index contributed by atoms with van der Waals surface area (Å²) in [6, 6.07) is 2.95. The summed E-state index contributed by atoms with van der Waals surface area (Å²) in [4.78, 5) is 2.61. The van der Waals surface area contributed by atoms with Crippen LogP contribution in [0.2, 0.25) is 0 Å². The van der Waals surface area contributed by atoms with Crippen LogP contribution in [0.4, 0.5) is 0 Å². The molecule has 0 saturated carbocycles. The summed E-state index contributed by atoms with van der Waals surface area (Å²) in [5.41, 5.74) is 1.49. The number of hydrogen-bond donors (Lipinski definition) is 1. The second kappa shape index (κ2) is 6.53. The Morgan fingerprint density at radius 1 is 1.53 bits per heavy atom. The van der Waals surface area contributed by atoms with Crippen molar-refractivity contribution in [1.29, 1.82) is 0 Å². The molecule has 2 rings (SSSR count). The van der Waals surface area contributed by atoms with Crippen LogP contribution in [-0.2, 0) is 6.42 Å². The van der Waals surface area contributed by atoms with Crippen molar-refractivity contribution in [3.8, 4) is 0 Å². The number of thiophene rings is 1. The highest BCUT2D eigenvalue weighted by Crippen LogP contribution is 2.11. The Balaban J connectivity index is 1.73. The van der Waals surface area contributed by atoms with E-state index in [2.05, 4.69) is 40.9 Å². The van der Waals surface area contributed by atoms with Crippen molar-refractivity contribution in [3.05, 3.63) is 22.4 Å². The standard InChI is InChI=1S/C14H24N2S/c1-12(2)9-14-10-16(7-5-15-14)6-3-13-4-8-17-11-13/h4,8,11-12,14-15H,3,5-7,9-10H2,1-2H3. The maximum Gasteiger partial charge on any atom is 0.0198 e. The average Bonchev–Trinajstić information content (AvgIpc) is 2.79. The molecule has 0 amide bonds. The predicted molar refractivity (Wildman–Crippen MR) is 75.7 cm³/mol. The Morgan fingerprint density at radius 3 is 3.12 bits per heavy atom. The van der Waals surface area contributed by atoms with Gasteiger partial charge in [0.15, 0.2) is 0 Å². The van der Waals surface area contributed by atoms with Crippen molar-refractivity contribution in [2.45, 2.75) is 32.7 Å². The zero-order valence-corrected chi connectivity index (χ0v) is 11.8. The molecule has 1 aliphatic rings. The summed E-state index contributed by atoms with van der Waals surface area (Å²) in [7, 11) is 0. The third-order valence-electron chi connectivity index (χ3n) is 3.39. The van der Waals surface area contributed by atoms with Crippen molar-refractivity contribution in [1.82, 2.24) is 10.2 Å². The van der Waals surface area contributed by atoms with Gasteiger partial charge in [-0.15, -0.1) is 0 Å². The van der Waals surface area contributed by atoms with E-state index < -0.39 is 0 Å². The minimum atomic E-state index is 0.700. The highest BCUT2D eigenvalue weighted by atomic mass is 32.1. The maximum atomic E-state index is 3.63. The summed E-state index contributed by atoms with van der Waals surface area (Å²) in [5, 5.41) is 8.08. The molecule has 0 radical (unpaired) electrons. The van der Waals surface area contributed by atoms with Crippen LogP contribution in [-0.4, -0.2) is 37.1 Å². The van der Waals surface area contributed by atoms with Crippen LogP contribution in [0, 0.1) is 5.92 Å². The van der Waals surface area contributed by atoms with E-state index in [9.17, 15) is 0 Å². The molecule has 1 atom stereocenters. The summed E-state index contributed by atoms with van der Waals surface area (Å²) >= 11 is 1.80. The van der Waals surface area contributed by atoms with Gasteiger partial charge < -0.3 is 10.2 Å². The van der Waals surface area contributed by atoms with Crippen LogP contribution >= 0.6 is 11.3 Å². The first-order chi connectivity index (χ1) is 8.24. The van der Waals surface area contributed by atoms with E-state index in [0.717, 1.165) is 12.5 Å². The molecule has 0 aliphatic carbocycles. The van der Waals surface area contributed by atoms with Crippen LogP contribution in [0.15, 0.2) is 16.8 Å². The lowest BCUT2D eigenvalue weighted by Gasteiger charge is -2.34. The first-order valence-electron chi connectivity index (χ1n) is 6.71. The van der Waals surface area contributed by atoms with Gasteiger partial charge in [0.25, 0.3) is 0 Å². The lowest BCUT2D eigenvalue weighted by molar-refractivity contribution is 0.188. The van der Waals surface area contributed by atoms with Crippen molar-refractivity contribution in [2.75, 3.05) is 26.2 Å². The minimum absolute atomic E-state index is 0.700. The molecular weight excluding hydrogens is 228 g/mol. The van der Waals surface area contributed by atoms with Crippen molar-refractivity contribution < 1.29 is 0 Å². The van der Waals surface area contributed by atoms with Crippen molar-refractivity contribution >= 4 is 11.3 Å². The van der Waals surface area contributed by atoms with Gasteiger partial charge in [0, 0.05) is 32.2 Å². The fourth-order valence-corrected chi connectivity index (χ4v) is 3.25. The van der Waals surface area contributed by atoms with E-state index >= 15 is 0 Å². The maximum absolute atomic E-state index is 3.63. The normalized spacial score (nSPS) is 22.2. The summed E-state index contributed by atoms with van der Waals surface area (Å²) in [5.74, 6) is 0.796. The fraction of sp³-hybridized carbons (Fsp3) is 0.714. The van der Waals surface area contributed by atoms with Gasteiger partial charge in [-0.05, 0) is 41.1 Å². The zero-order chi connectivity index (χ0) is 12.1. The monoisotopic (exact) mass is 252 g/mol. The molecule has 2 heterocycles. The number of nitrogens with one attached hydrogen (secondary N) is 1. The van der Waals surface area contributed by atoms with Gasteiger partial charge in [0.2, 0.25) is 0 Å². The number of rotatable bonds is 5. The van der Waals surface area contributed by atoms with E-state index in [1.807, 2.05) is 0 Å². The third-order valence-corrected chi connectivity index (χ3v) is 4.12. The Bertz CT molecular complexity index is 308. The Labute approximate surface area is 109 Å². The van der Waals surface area contributed by atoms with Gasteiger partial charge in [0.1, 0.15) is 0 Å². The van der Waals surface area contributed by atoms with Crippen molar-refractivity contribution in [3.63, 3.8) is 0 Å². The second-order valence-electron chi connectivity index (χ2n) is 5.46. The lowest BCUT2D eigenvalue weighted by Crippen LogP contribution is -2.51. The Hall–Kier alpha value is -0.380. The third kappa shape index (κ3) is 4.41. The molecule has 0 aromatic carbocycles. The number of hydrogen-bond acceptors (Lipinski definition) is 3. The Kier molecular flexibility index (Phi) is 5.01. The molecule has 1 saturated heterocycles. The quantitative estimate of drug-likeness (QED) is 0.866. The largest absolute Gasteiger partial charge is 0.311 e. The molecule has 0 bridgehead atoms. The van der Waals surface area contributed by atoms with Crippen molar-refractivity contribution in [2.24, 2.45) is 5.92 Å². The topological polar surface area (TPSA) is 15.3 Å². The summed E-state index contributed by atoms with van der Waals surface area (Å²) < 4.78 is 0. The van der Waals surface area contributed by atoms with E-state index in [1.165, 1.54) is 38.0 Å². The van der Waals surface area contributed by atoms with Crippen LogP contribution in [0.1, 0.15) is 25.8 Å². The van der Waals surface area contributed by atoms with E-state index in [1.54, 1.807) is 11.3 Å². The second-order valence-corrected chi connectivity index (χ2v) is 6.24. The molecule has 1 unspecified atom stereocenters. The molecule has 0 spiro atoms. The zero-order valence-electron chi connectivity index (χ0n) is 11.0. The minimum Gasteiger partial charge on any atom is -0.311 e. The molecule has 1 fully saturated rings. The van der Waals surface area contributed by atoms with Gasteiger partial charge in [-0.1, -0.05) is 13.8 Å². The smallest absolute Gasteiger partial charge is 0.0198 e. The van der Waals surface area contributed by atoms with Gasteiger partial charge in [-0.25, -0.2) is 0 Å². The molecule has 1 aromatic heterocycles. The molecular formula is C14H24N2S. The molecule has 1 aromatic rings. The van der Waals surface area contributed by atoms with E-state index in [4.69, 9.17) is 0 Å². The van der Waals surface area contributed by atoms with Gasteiger partial charge >= 0.3 is 0 Å². The van der Waals surface area contributed by atoms with E-state index in [0.29, 0.717) is 6.04 Å². The predicted octanol–water partition coefficient (Wildman–Crippen LogP) is 2.61. The summed E-state index contributed by atoms with van der Waals surface area (Å²) in [6.45, 7) is 9.42. The average molecular weight is 252 g/mol. The van der Waals surface area contributed by atoms with Crippen LogP contribution in [0.5, 0.6) is 0 Å². The highest BCUT2D eigenvalue weighted by molar-refractivity contribution is 7.07. The lowest BCUT2D eigenvalue weighted by atomic mass is 10.0. The van der Waals surface area contributed by atoms with Crippen LogP contribution in [0.25, 0.3) is 0 Å². The molecule has 17 heavy (non-hydrogen) atoms. The van der Waals surface area contributed by atoms with Gasteiger partial charge in [0.05, 0.1) is 0 Å². The molecule has 1 aliphatic heterocycles. The first-order valence-corrected chi connectivity index (χ1v) is 7.65. The first kappa shape index (κ1) is 13.1. The summed E-state index contributed by atoms with van der Waals surface area (Å²) in [6.07, 6.45) is 2.51. The van der Waals surface area contributed by atoms with Crippen LogP contribution < -0.4 is 5.32 Å². The fourth-order valence-electron chi connectivity index (χ4n) is 2.55.